The summed E-state index contributed by atoms with van der Waals surface area (Å²) in [7, 11) is 0. The molecular formula is C17H23BrO2. The minimum Gasteiger partial charge on any atom is -0.487 e. The van der Waals surface area contributed by atoms with Crippen LogP contribution in [0.4, 0.5) is 0 Å². The van der Waals surface area contributed by atoms with E-state index in [0.29, 0.717) is 12.3 Å². The van der Waals surface area contributed by atoms with Gasteiger partial charge in [-0.15, -0.1) is 0 Å². The van der Waals surface area contributed by atoms with Gasteiger partial charge in [-0.1, -0.05) is 36.7 Å². The zero-order valence-corrected chi connectivity index (χ0v) is 14.0. The highest BCUT2D eigenvalue weighted by atomic mass is 79.9. The van der Waals surface area contributed by atoms with E-state index in [9.17, 15) is 5.11 Å². The quantitative estimate of drug-likeness (QED) is 0.732. The van der Waals surface area contributed by atoms with Gasteiger partial charge in [0.15, 0.2) is 0 Å². The monoisotopic (exact) mass is 338 g/mol. The van der Waals surface area contributed by atoms with Crippen LogP contribution in [-0.4, -0.2) is 10.7 Å². The van der Waals surface area contributed by atoms with Crippen molar-refractivity contribution in [2.45, 2.75) is 58.2 Å². The lowest BCUT2D eigenvalue weighted by atomic mass is 9.63. The molecule has 3 rings (SSSR count). The van der Waals surface area contributed by atoms with Crippen LogP contribution in [0.25, 0.3) is 0 Å². The normalized spacial score (nSPS) is 35.5. The summed E-state index contributed by atoms with van der Waals surface area (Å²) in [6.07, 6.45) is 3.60. The first-order valence-corrected chi connectivity index (χ1v) is 8.24. The molecule has 1 aromatic rings. The molecule has 20 heavy (non-hydrogen) atoms. The van der Waals surface area contributed by atoms with Crippen LogP contribution in [-0.2, 0) is 0 Å². The zero-order chi connectivity index (χ0) is 14.5. The summed E-state index contributed by atoms with van der Waals surface area (Å²) < 4.78 is 7.40. The minimum atomic E-state index is -0.419. The maximum Gasteiger partial charge on any atom is 0.126 e. The van der Waals surface area contributed by atoms with E-state index >= 15 is 0 Å². The van der Waals surface area contributed by atoms with Crippen LogP contribution in [0.5, 0.6) is 5.75 Å². The van der Waals surface area contributed by atoms with Gasteiger partial charge >= 0.3 is 0 Å². The van der Waals surface area contributed by atoms with E-state index in [1.807, 2.05) is 18.2 Å². The highest BCUT2D eigenvalue weighted by Gasteiger charge is 2.48. The van der Waals surface area contributed by atoms with E-state index in [1.54, 1.807) is 0 Å². The third kappa shape index (κ3) is 2.62. The Morgan fingerprint density at radius 3 is 2.70 bits per heavy atom. The molecule has 1 N–H and O–H groups in total. The van der Waals surface area contributed by atoms with Gasteiger partial charge in [-0.05, 0) is 48.8 Å². The second-order valence-electron chi connectivity index (χ2n) is 7.54. The average Bonchev–Trinajstić information content (AvgIpc) is 2.27. The van der Waals surface area contributed by atoms with Crippen molar-refractivity contribution in [1.29, 1.82) is 0 Å². The molecule has 1 aromatic carbocycles. The predicted octanol–water partition coefficient (Wildman–Crippen LogP) is 4.85. The molecule has 0 bridgehead atoms. The molecule has 1 aliphatic heterocycles. The minimum absolute atomic E-state index is 0.193. The first-order chi connectivity index (χ1) is 9.29. The number of aliphatic hydroxyl groups excluding tert-OH is 1. The van der Waals surface area contributed by atoms with Gasteiger partial charge in [0.05, 0.1) is 6.10 Å². The Morgan fingerprint density at radius 2 is 2.00 bits per heavy atom. The summed E-state index contributed by atoms with van der Waals surface area (Å²) in [6.45, 7) is 6.93. The van der Waals surface area contributed by atoms with Crippen LogP contribution >= 0.6 is 15.9 Å². The zero-order valence-electron chi connectivity index (χ0n) is 12.4. The van der Waals surface area contributed by atoms with Crippen molar-refractivity contribution in [3.63, 3.8) is 0 Å². The maximum absolute atomic E-state index is 10.6. The van der Waals surface area contributed by atoms with Gasteiger partial charge < -0.3 is 9.84 Å². The van der Waals surface area contributed by atoms with Crippen molar-refractivity contribution in [3.05, 3.63) is 28.2 Å². The van der Waals surface area contributed by atoms with E-state index < -0.39 is 6.10 Å². The lowest BCUT2D eigenvalue weighted by Gasteiger charge is -2.50. The molecule has 0 aromatic heterocycles. The van der Waals surface area contributed by atoms with Crippen LogP contribution < -0.4 is 4.74 Å². The number of fused-ring (bicyclic) bond motifs is 1. The second kappa shape index (κ2) is 4.74. The van der Waals surface area contributed by atoms with Gasteiger partial charge in [0.1, 0.15) is 11.4 Å². The number of hydrogen-bond acceptors (Lipinski definition) is 2. The lowest BCUT2D eigenvalue weighted by molar-refractivity contribution is -0.0822. The fourth-order valence-electron chi connectivity index (χ4n) is 4.51. The Labute approximate surface area is 129 Å². The fourth-order valence-corrected chi connectivity index (χ4v) is 4.89. The molecule has 2 aliphatic rings. The van der Waals surface area contributed by atoms with Crippen molar-refractivity contribution in [2.24, 2.45) is 11.3 Å². The largest absolute Gasteiger partial charge is 0.487 e. The first-order valence-electron chi connectivity index (χ1n) is 7.45. The van der Waals surface area contributed by atoms with Crippen molar-refractivity contribution in [3.8, 4) is 5.75 Å². The molecule has 1 heterocycles. The van der Waals surface area contributed by atoms with Gasteiger partial charge in [0.25, 0.3) is 0 Å². The van der Waals surface area contributed by atoms with E-state index in [2.05, 4.69) is 36.7 Å². The summed E-state index contributed by atoms with van der Waals surface area (Å²) >= 11 is 3.47. The van der Waals surface area contributed by atoms with E-state index in [1.165, 1.54) is 6.42 Å². The van der Waals surface area contributed by atoms with Gasteiger partial charge in [-0.25, -0.2) is 0 Å². The third-order valence-electron chi connectivity index (χ3n) is 4.64. The van der Waals surface area contributed by atoms with Crippen LogP contribution in [0.2, 0.25) is 0 Å². The van der Waals surface area contributed by atoms with Crippen molar-refractivity contribution in [1.82, 2.24) is 0 Å². The topological polar surface area (TPSA) is 29.5 Å². The Bertz CT molecular complexity index is 526. The SMILES string of the molecule is CC1CC(C)(C)CC2(C1)CC(O)c1cc(Br)ccc1O2. The van der Waals surface area contributed by atoms with Crippen molar-refractivity contribution < 1.29 is 9.84 Å². The third-order valence-corrected chi connectivity index (χ3v) is 5.14. The predicted molar refractivity (Wildman–Crippen MR) is 83.9 cm³/mol. The molecule has 3 atom stereocenters. The molecule has 1 saturated carbocycles. The number of aliphatic hydroxyl groups is 1. The van der Waals surface area contributed by atoms with Gasteiger partial charge in [-0.3, -0.25) is 0 Å². The lowest BCUT2D eigenvalue weighted by Crippen LogP contribution is -2.49. The van der Waals surface area contributed by atoms with E-state index in [4.69, 9.17) is 4.74 Å². The summed E-state index contributed by atoms with van der Waals surface area (Å²) in [5.41, 5.74) is 1.01. The van der Waals surface area contributed by atoms with Gasteiger partial charge in [-0.2, -0.15) is 0 Å². The first kappa shape index (κ1) is 14.4. The number of rotatable bonds is 0. The number of ether oxygens (including phenoxy) is 1. The molecule has 0 amide bonds. The molecule has 2 nitrogen and oxygen atoms in total. The summed E-state index contributed by atoms with van der Waals surface area (Å²) in [5, 5.41) is 10.6. The van der Waals surface area contributed by atoms with Crippen LogP contribution in [0, 0.1) is 11.3 Å². The second-order valence-corrected chi connectivity index (χ2v) is 8.46. The molecule has 0 saturated heterocycles. The fraction of sp³-hybridized carbons (Fsp3) is 0.647. The maximum atomic E-state index is 10.6. The molecule has 0 radical (unpaired) electrons. The number of hydrogen-bond donors (Lipinski definition) is 1. The molecule has 1 fully saturated rings. The Kier molecular flexibility index (Phi) is 3.41. The van der Waals surface area contributed by atoms with Crippen LogP contribution in [0.3, 0.4) is 0 Å². The standard InChI is InChI=1S/C17H23BrO2/c1-11-7-16(2,3)10-17(8-11)9-14(19)13-6-12(18)4-5-15(13)20-17/h4-6,11,14,19H,7-10H2,1-3H3. The summed E-state index contributed by atoms with van der Waals surface area (Å²) in [4.78, 5) is 0. The molecule has 3 heteroatoms. The molecule has 3 unspecified atom stereocenters. The van der Waals surface area contributed by atoms with Crippen molar-refractivity contribution >= 4 is 15.9 Å². The molecule has 1 spiro atoms. The molecule has 1 aliphatic carbocycles. The Morgan fingerprint density at radius 1 is 1.25 bits per heavy atom. The van der Waals surface area contributed by atoms with Crippen LogP contribution in [0.1, 0.15) is 58.1 Å². The molecule has 110 valence electrons. The van der Waals surface area contributed by atoms with Crippen molar-refractivity contribution in [2.75, 3.05) is 0 Å². The Balaban J connectivity index is 1.96. The average molecular weight is 339 g/mol. The summed E-state index contributed by atoms with van der Waals surface area (Å²) in [6, 6.07) is 5.95. The molecular weight excluding hydrogens is 316 g/mol. The highest BCUT2D eigenvalue weighted by molar-refractivity contribution is 9.10. The summed E-state index contributed by atoms with van der Waals surface area (Å²) in [5.74, 6) is 1.50. The van der Waals surface area contributed by atoms with E-state index in [0.717, 1.165) is 28.6 Å². The smallest absolute Gasteiger partial charge is 0.126 e. The van der Waals surface area contributed by atoms with Crippen LogP contribution in [0.15, 0.2) is 22.7 Å². The Hall–Kier alpha value is -0.540. The number of benzene rings is 1. The van der Waals surface area contributed by atoms with Gasteiger partial charge in [0.2, 0.25) is 0 Å². The van der Waals surface area contributed by atoms with E-state index in [-0.39, 0.29) is 11.0 Å². The number of halogens is 1. The highest BCUT2D eigenvalue weighted by Crippen LogP contribution is 2.52. The van der Waals surface area contributed by atoms with Gasteiger partial charge in [0, 0.05) is 16.5 Å².